The van der Waals surface area contributed by atoms with E-state index in [2.05, 4.69) is 34.3 Å². The van der Waals surface area contributed by atoms with Crippen molar-refractivity contribution in [2.45, 2.75) is 24.9 Å². The minimum absolute atomic E-state index is 0.0873. The summed E-state index contributed by atoms with van der Waals surface area (Å²) in [6.45, 7) is 7.46. The van der Waals surface area contributed by atoms with Gasteiger partial charge in [-0.2, -0.15) is 0 Å². The van der Waals surface area contributed by atoms with E-state index in [1.807, 2.05) is 52.9 Å². The lowest BCUT2D eigenvalue weighted by molar-refractivity contribution is -0.113. The van der Waals surface area contributed by atoms with Gasteiger partial charge in [-0.3, -0.25) is 9.20 Å². The van der Waals surface area contributed by atoms with Gasteiger partial charge in [0.25, 0.3) is 0 Å². The van der Waals surface area contributed by atoms with Crippen LogP contribution >= 0.6 is 11.8 Å². The van der Waals surface area contributed by atoms with E-state index in [9.17, 15) is 4.79 Å². The number of anilines is 2. The van der Waals surface area contributed by atoms with Crippen molar-refractivity contribution in [1.82, 2.24) is 19.6 Å². The highest BCUT2D eigenvalue weighted by Gasteiger charge is 2.18. The molecule has 2 aromatic heterocycles. The molecule has 33 heavy (non-hydrogen) atoms. The topological polar surface area (TPSA) is 84.6 Å². The monoisotopic (exact) mass is 462 g/mol. The number of benzene rings is 2. The number of nitrogens with one attached hydrogen (secondary N) is 1. The van der Waals surface area contributed by atoms with Gasteiger partial charge < -0.3 is 15.0 Å². The number of para-hydroxylation sites is 1. The zero-order valence-corrected chi connectivity index (χ0v) is 19.5. The van der Waals surface area contributed by atoms with Gasteiger partial charge in [-0.05, 0) is 36.4 Å². The third-order valence-corrected chi connectivity index (χ3v) is 6.55. The number of carbonyl (C=O) groups is 1. The second-order valence-corrected chi connectivity index (χ2v) is 9.21. The fourth-order valence-corrected chi connectivity index (χ4v) is 4.71. The lowest BCUT2D eigenvalue weighted by Gasteiger charge is -2.28. The van der Waals surface area contributed by atoms with Crippen LogP contribution in [0.1, 0.15) is 25.6 Å². The highest BCUT2D eigenvalue weighted by Crippen LogP contribution is 2.27. The number of amides is 1. The zero-order chi connectivity index (χ0) is 22.8. The van der Waals surface area contributed by atoms with Crippen molar-refractivity contribution >= 4 is 45.6 Å². The summed E-state index contributed by atoms with van der Waals surface area (Å²) in [5, 5.41) is 13.4. The van der Waals surface area contributed by atoms with Gasteiger partial charge in [0.05, 0.1) is 24.5 Å². The van der Waals surface area contributed by atoms with E-state index in [1.165, 1.54) is 11.8 Å². The first-order valence-electron chi connectivity index (χ1n) is 11.1. The molecule has 5 rings (SSSR count). The summed E-state index contributed by atoms with van der Waals surface area (Å²) in [7, 11) is 0. The Morgan fingerprint density at radius 2 is 1.85 bits per heavy atom. The van der Waals surface area contributed by atoms with E-state index in [-0.39, 0.29) is 17.6 Å². The van der Waals surface area contributed by atoms with Crippen LogP contribution in [0, 0.1) is 0 Å². The SMILES string of the molecule is CC(C)c1nc2ccccc2c2nnc(SCC(=O)Nc3ccc(N4CCOCC4)cc3)n12. The molecule has 0 atom stereocenters. The number of aromatic nitrogens is 4. The summed E-state index contributed by atoms with van der Waals surface area (Å²) in [6.07, 6.45) is 0. The fraction of sp³-hybridized carbons (Fsp3) is 0.333. The lowest BCUT2D eigenvalue weighted by Crippen LogP contribution is -2.36. The number of nitrogens with zero attached hydrogens (tertiary/aromatic N) is 5. The normalized spacial score (nSPS) is 14.3. The van der Waals surface area contributed by atoms with E-state index in [0.717, 1.165) is 60.1 Å². The van der Waals surface area contributed by atoms with Crippen molar-refractivity contribution in [3.05, 3.63) is 54.4 Å². The Kier molecular flexibility index (Phi) is 6.15. The Balaban J connectivity index is 1.29. The molecule has 0 saturated carbocycles. The molecule has 0 unspecified atom stereocenters. The molecule has 0 radical (unpaired) electrons. The van der Waals surface area contributed by atoms with Crippen molar-refractivity contribution in [1.29, 1.82) is 0 Å². The molecule has 1 saturated heterocycles. The van der Waals surface area contributed by atoms with Crippen LogP contribution in [0.25, 0.3) is 16.6 Å². The van der Waals surface area contributed by atoms with Gasteiger partial charge in [0.15, 0.2) is 10.8 Å². The number of ether oxygens (including phenoxy) is 1. The summed E-state index contributed by atoms with van der Waals surface area (Å²) in [4.78, 5) is 19.7. The van der Waals surface area contributed by atoms with Gasteiger partial charge >= 0.3 is 0 Å². The Bertz CT molecular complexity index is 1280. The first kappa shape index (κ1) is 21.7. The first-order valence-corrected chi connectivity index (χ1v) is 12.1. The molecule has 1 aliphatic rings. The molecule has 0 bridgehead atoms. The van der Waals surface area contributed by atoms with Crippen LogP contribution in [0.5, 0.6) is 0 Å². The van der Waals surface area contributed by atoms with Gasteiger partial charge in [-0.15, -0.1) is 10.2 Å². The van der Waals surface area contributed by atoms with E-state index >= 15 is 0 Å². The Morgan fingerprint density at radius 1 is 1.09 bits per heavy atom. The Hall–Kier alpha value is -3.17. The van der Waals surface area contributed by atoms with E-state index in [1.54, 1.807) is 0 Å². The van der Waals surface area contributed by atoms with Crippen LogP contribution in [0.15, 0.2) is 53.7 Å². The first-order chi connectivity index (χ1) is 16.1. The second kappa shape index (κ2) is 9.36. The molecule has 4 aromatic rings. The maximum absolute atomic E-state index is 12.6. The standard InChI is InChI=1S/C24H26N6O2S/c1-16(2)22-26-20-6-4-3-5-19(20)23-27-28-24(30(22)23)33-15-21(31)25-17-7-9-18(10-8-17)29-11-13-32-14-12-29/h3-10,16H,11-15H2,1-2H3,(H,25,31). The minimum Gasteiger partial charge on any atom is -0.378 e. The number of hydrogen-bond acceptors (Lipinski definition) is 7. The van der Waals surface area contributed by atoms with Crippen LogP contribution in [0.4, 0.5) is 11.4 Å². The van der Waals surface area contributed by atoms with Crippen molar-refractivity contribution < 1.29 is 9.53 Å². The van der Waals surface area contributed by atoms with Crippen LogP contribution in [0.2, 0.25) is 0 Å². The summed E-state index contributed by atoms with van der Waals surface area (Å²) in [6, 6.07) is 15.9. The van der Waals surface area contributed by atoms with Crippen LogP contribution in [-0.2, 0) is 9.53 Å². The minimum atomic E-state index is -0.0873. The van der Waals surface area contributed by atoms with Crippen LogP contribution < -0.4 is 10.2 Å². The molecule has 0 spiro atoms. The van der Waals surface area contributed by atoms with Crippen molar-refractivity contribution in [3.8, 4) is 0 Å². The number of hydrogen-bond donors (Lipinski definition) is 1. The Labute approximate surface area is 196 Å². The highest BCUT2D eigenvalue weighted by molar-refractivity contribution is 7.99. The number of fused-ring (bicyclic) bond motifs is 3. The molecule has 3 heterocycles. The van der Waals surface area contributed by atoms with Gasteiger partial charge in [0, 0.05) is 35.8 Å². The summed E-state index contributed by atoms with van der Waals surface area (Å²) in [5.74, 6) is 1.22. The average Bonchev–Trinajstić information content (AvgIpc) is 3.27. The third kappa shape index (κ3) is 4.51. The number of rotatable bonds is 6. The summed E-state index contributed by atoms with van der Waals surface area (Å²) in [5.41, 5.74) is 3.59. The predicted molar refractivity (Wildman–Crippen MR) is 131 cm³/mol. The summed E-state index contributed by atoms with van der Waals surface area (Å²) < 4.78 is 7.38. The van der Waals surface area contributed by atoms with Gasteiger partial charge in [-0.1, -0.05) is 37.7 Å². The molecule has 1 amide bonds. The molecular formula is C24H26N6O2S. The van der Waals surface area contributed by atoms with E-state index in [4.69, 9.17) is 9.72 Å². The molecule has 0 aliphatic carbocycles. The molecule has 9 heteroatoms. The molecule has 8 nitrogen and oxygen atoms in total. The predicted octanol–water partition coefficient (Wildman–Crippen LogP) is 3.97. The average molecular weight is 463 g/mol. The smallest absolute Gasteiger partial charge is 0.234 e. The van der Waals surface area contributed by atoms with Crippen molar-refractivity contribution in [2.75, 3.05) is 42.3 Å². The number of thioether (sulfide) groups is 1. The number of morpholine rings is 1. The molecule has 1 fully saturated rings. The molecule has 170 valence electrons. The van der Waals surface area contributed by atoms with Crippen LogP contribution in [-0.4, -0.2) is 57.5 Å². The molecule has 2 aromatic carbocycles. The quantitative estimate of drug-likeness (QED) is 0.434. The molecule has 1 aliphatic heterocycles. The van der Waals surface area contributed by atoms with Crippen molar-refractivity contribution in [2.24, 2.45) is 0 Å². The van der Waals surface area contributed by atoms with Gasteiger partial charge in [-0.25, -0.2) is 4.98 Å². The summed E-state index contributed by atoms with van der Waals surface area (Å²) >= 11 is 1.37. The largest absolute Gasteiger partial charge is 0.378 e. The molecular weight excluding hydrogens is 436 g/mol. The third-order valence-electron chi connectivity index (χ3n) is 5.62. The number of carbonyl (C=O) groups excluding carboxylic acids is 1. The molecule has 1 N–H and O–H groups in total. The van der Waals surface area contributed by atoms with E-state index < -0.39 is 0 Å². The zero-order valence-electron chi connectivity index (χ0n) is 18.7. The second-order valence-electron chi connectivity index (χ2n) is 8.27. The van der Waals surface area contributed by atoms with E-state index in [0.29, 0.717) is 5.16 Å². The van der Waals surface area contributed by atoms with Crippen molar-refractivity contribution in [3.63, 3.8) is 0 Å². The highest BCUT2D eigenvalue weighted by atomic mass is 32.2. The maximum Gasteiger partial charge on any atom is 0.234 e. The van der Waals surface area contributed by atoms with Gasteiger partial charge in [0.1, 0.15) is 5.82 Å². The lowest BCUT2D eigenvalue weighted by atomic mass is 10.2. The maximum atomic E-state index is 12.6. The fourth-order valence-electron chi connectivity index (χ4n) is 3.97. The Morgan fingerprint density at radius 3 is 2.61 bits per heavy atom. The van der Waals surface area contributed by atoms with Crippen LogP contribution in [0.3, 0.4) is 0 Å². The van der Waals surface area contributed by atoms with Gasteiger partial charge in [0.2, 0.25) is 5.91 Å².